The van der Waals surface area contributed by atoms with Crippen molar-refractivity contribution in [3.63, 3.8) is 0 Å². The van der Waals surface area contributed by atoms with Gasteiger partial charge in [0.1, 0.15) is 0 Å². The van der Waals surface area contributed by atoms with E-state index in [4.69, 9.17) is 22.5 Å². The second kappa shape index (κ2) is 11.3. The van der Waals surface area contributed by atoms with Crippen molar-refractivity contribution in [3.05, 3.63) is 182 Å². The number of benzene rings is 6. The first-order chi connectivity index (χ1) is 20.0. The molecule has 0 unspecified atom stereocenters. The average Bonchev–Trinajstić information content (AvgIpc) is 3.07. The fourth-order valence-electron chi connectivity index (χ4n) is 5.42. The predicted octanol–water partition coefficient (Wildman–Crippen LogP) is 8.27. The normalized spacial score (nSPS) is 13.9. The van der Waals surface area contributed by atoms with Gasteiger partial charge in [0.05, 0.1) is 0 Å². The maximum atomic E-state index is 8.80. The predicted molar refractivity (Wildman–Crippen MR) is 182 cm³/mol. The van der Waals surface area contributed by atoms with Crippen LogP contribution in [0.1, 0.15) is 0 Å². The van der Waals surface area contributed by atoms with Crippen LogP contribution in [0.2, 0.25) is 0 Å². The average molecular weight is 702 g/mol. The van der Waals surface area contributed by atoms with Gasteiger partial charge in [0.2, 0.25) is 0 Å². The summed E-state index contributed by atoms with van der Waals surface area (Å²) in [6.07, 6.45) is 0. The maximum absolute atomic E-state index is 8.80. The first-order valence-corrected chi connectivity index (χ1v) is 23.6. The van der Waals surface area contributed by atoms with Crippen LogP contribution in [0.15, 0.2) is 182 Å². The van der Waals surface area contributed by atoms with Crippen LogP contribution >= 0.6 is 30.8 Å². The van der Waals surface area contributed by atoms with E-state index >= 15 is 0 Å². The second-order valence-corrected chi connectivity index (χ2v) is 34.3. The Kier molecular flexibility index (Phi) is 7.83. The van der Waals surface area contributed by atoms with Crippen molar-refractivity contribution in [2.45, 2.75) is 0 Å². The van der Waals surface area contributed by atoms with E-state index in [1.165, 1.54) is 0 Å². The third-order valence-electron chi connectivity index (χ3n) is 7.40. The summed E-state index contributed by atoms with van der Waals surface area (Å²) in [5.41, 5.74) is 0. The molecule has 0 aliphatic carbocycles. The van der Waals surface area contributed by atoms with E-state index in [9.17, 15) is 0 Å². The molecular weight excluding hydrogens is 672 g/mol. The number of hydrogen-bond donors (Lipinski definition) is 0. The molecule has 0 radical (unpaired) electrons. The molecule has 5 heteroatoms. The summed E-state index contributed by atoms with van der Waals surface area (Å²) in [7, 11) is 0. The van der Waals surface area contributed by atoms with Crippen LogP contribution in [0, 0.1) is 0 Å². The molecule has 0 bridgehead atoms. The Balaban J connectivity index is 1.86. The fourth-order valence-corrected chi connectivity index (χ4v) is 52.1. The van der Waals surface area contributed by atoms with Gasteiger partial charge >= 0.3 is 262 Å². The summed E-state index contributed by atoms with van der Waals surface area (Å²) in [5.74, 6) is 0. The van der Waals surface area contributed by atoms with Gasteiger partial charge in [-0.2, -0.15) is 0 Å². The first kappa shape index (κ1) is 28.5. The fraction of sp³-hybridized carbons (Fsp3) is 0. The van der Waals surface area contributed by atoms with Gasteiger partial charge in [-0.1, -0.05) is 0 Å². The van der Waals surface area contributed by atoms with Crippen molar-refractivity contribution in [2.75, 3.05) is 0 Å². The summed E-state index contributed by atoms with van der Waals surface area (Å²) in [4.78, 5) is 0. The minimum atomic E-state index is -3.77. The molecule has 0 aliphatic heterocycles. The molecule has 0 atom stereocenters. The second-order valence-electron chi connectivity index (χ2n) is 9.79. The van der Waals surface area contributed by atoms with E-state index in [1.807, 2.05) is 0 Å². The van der Waals surface area contributed by atoms with Gasteiger partial charge in [-0.3, -0.25) is 0 Å². The van der Waals surface area contributed by atoms with Gasteiger partial charge < -0.3 is 0 Å². The number of halogens is 2. The van der Waals surface area contributed by atoms with Crippen LogP contribution in [-0.2, 0) is 17.0 Å². The van der Waals surface area contributed by atoms with Gasteiger partial charge in [-0.15, -0.1) is 0 Å². The molecule has 41 heavy (non-hydrogen) atoms. The van der Waals surface area contributed by atoms with Crippen molar-refractivity contribution in [3.8, 4) is 0 Å². The van der Waals surface area contributed by atoms with Gasteiger partial charge in [0.25, 0.3) is 0 Å². The van der Waals surface area contributed by atoms with E-state index in [1.54, 1.807) is 0 Å². The summed E-state index contributed by atoms with van der Waals surface area (Å²) >= 11 is 17.4. The Bertz CT molecular complexity index is 1400. The Morgan fingerprint density at radius 3 is 0.561 bits per heavy atom. The van der Waals surface area contributed by atoms with Crippen LogP contribution in [-0.4, -0.2) is 0 Å². The first-order valence-electron chi connectivity index (χ1n) is 13.4. The van der Waals surface area contributed by atoms with E-state index in [0.717, 1.165) is 31.8 Å². The van der Waals surface area contributed by atoms with Crippen LogP contribution in [0.25, 0.3) is 0 Å². The van der Waals surface area contributed by atoms with Crippen LogP contribution in [0.3, 0.4) is 0 Å². The quantitative estimate of drug-likeness (QED) is 0.111. The van der Waals surface area contributed by atoms with Crippen LogP contribution in [0.4, 0.5) is 0 Å². The topological polar surface area (TPSA) is 0 Å². The van der Waals surface area contributed by atoms with Crippen molar-refractivity contribution in [1.29, 1.82) is 0 Å². The van der Waals surface area contributed by atoms with Crippen molar-refractivity contribution in [1.82, 2.24) is 0 Å². The van der Waals surface area contributed by atoms with E-state index in [0.29, 0.717) is 0 Å². The SMILES string of the molecule is Cl[P]([Pd][P](Cl)(c1ccccc1)(c1ccccc1)c1ccccc1)(c1ccccc1)(c1ccccc1)c1ccccc1. The van der Waals surface area contributed by atoms with Crippen molar-refractivity contribution in [2.24, 2.45) is 0 Å². The number of hydrogen-bond acceptors (Lipinski definition) is 0. The molecule has 0 saturated heterocycles. The molecule has 0 fully saturated rings. The summed E-state index contributed by atoms with van der Waals surface area (Å²) in [6, 6.07) is 64.2. The molecular formula is C36H30Cl2P2Pd. The molecule has 0 aliphatic rings. The molecule has 0 spiro atoms. The molecule has 0 N–H and O–H groups in total. The molecule has 208 valence electrons. The zero-order chi connectivity index (χ0) is 28.3. The molecule has 0 nitrogen and oxygen atoms in total. The molecule has 0 heterocycles. The number of rotatable bonds is 8. The molecule has 0 saturated carbocycles. The van der Waals surface area contributed by atoms with Gasteiger partial charge in [-0.25, -0.2) is 0 Å². The Morgan fingerprint density at radius 1 is 0.268 bits per heavy atom. The van der Waals surface area contributed by atoms with E-state index in [2.05, 4.69) is 182 Å². The summed E-state index contributed by atoms with van der Waals surface area (Å²) < 4.78 is -7.54. The Labute approximate surface area is 259 Å². The third kappa shape index (κ3) is 4.56. The summed E-state index contributed by atoms with van der Waals surface area (Å²) in [5, 5.41) is 6.77. The van der Waals surface area contributed by atoms with Gasteiger partial charge in [-0.05, 0) is 0 Å². The van der Waals surface area contributed by atoms with Crippen LogP contribution < -0.4 is 31.8 Å². The molecule has 6 rings (SSSR count). The standard InChI is InChI=1S/2C18H15ClP.Pd/c2*19-20(16-10-4-1-5-11-16,17-12-6-2-7-13-17)18-14-8-3-9-15-18;/h2*1-15H;/q2*+1;-2. The molecule has 6 aromatic carbocycles. The third-order valence-corrected chi connectivity index (χ3v) is 42.7. The molecule has 6 aromatic rings. The van der Waals surface area contributed by atoms with E-state index in [-0.39, 0.29) is 17.0 Å². The minimum absolute atomic E-state index is 0.219. The van der Waals surface area contributed by atoms with Gasteiger partial charge in [0.15, 0.2) is 0 Å². The zero-order valence-corrected chi connectivity index (χ0v) is 27.1. The summed E-state index contributed by atoms with van der Waals surface area (Å²) in [6.45, 7) is 0. The Hall–Kier alpha value is -2.58. The van der Waals surface area contributed by atoms with Crippen molar-refractivity contribution >= 4 is 62.6 Å². The molecule has 0 amide bonds. The monoisotopic (exact) mass is 700 g/mol. The molecule has 0 aromatic heterocycles. The Morgan fingerprint density at radius 2 is 0.415 bits per heavy atom. The van der Waals surface area contributed by atoms with Gasteiger partial charge in [0, 0.05) is 0 Å². The van der Waals surface area contributed by atoms with Crippen molar-refractivity contribution < 1.29 is 17.0 Å². The van der Waals surface area contributed by atoms with E-state index < -0.39 is 8.29 Å². The zero-order valence-electron chi connectivity index (χ0n) is 22.3. The van der Waals surface area contributed by atoms with Crippen LogP contribution in [0.5, 0.6) is 0 Å².